The number of hydrogen-bond donors (Lipinski definition) is 1. The van der Waals surface area contributed by atoms with E-state index in [4.69, 9.17) is 4.74 Å². The Balaban J connectivity index is 2.63. The Morgan fingerprint density at radius 3 is 2.70 bits per heavy atom. The molecule has 0 aliphatic heterocycles. The third kappa shape index (κ3) is 2.74. The van der Waals surface area contributed by atoms with E-state index in [9.17, 15) is 9.59 Å². The molecule has 4 heteroatoms. The van der Waals surface area contributed by atoms with Gasteiger partial charge in [0.15, 0.2) is 5.43 Å². The van der Waals surface area contributed by atoms with Gasteiger partial charge in [-0.3, -0.25) is 4.79 Å². The third-order valence-corrected chi connectivity index (χ3v) is 3.27. The van der Waals surface area contributed by atoms with E-state index in [1.54, 1.807) is 19.1 Å². The monoisotopic (exact) mass is 273 g/mol. The van der Waals surface area contributed by atoms with Crippen molar-refractivity contribution in [2.45, 2.75) is 33.1 Å². The maximum absolute atomic E-state index is 12.5. The zero-order valence-electron chi connectivity index (χ0n) is 11.9. The summed E-state index contributed by atoms with van der Waals surface area (Å²) in [6, 6.07) is 7.23. The zero-order valence-corrected chi connectivity index (χ0v) is 11.9. The lowest BCUT2D eigenvalue weighted by Gasteiger charge is -2.10. The summed E-state index contributed by atoms with van der Waals surface area (Å²) in [5.41, 5.74) is 1.42. The number of hydrogen-bond acceptors (Lipinski definition) is 3. The van der Waals surface area contributed by atoms with E-state index in [-0.39, 0.29) is 5.43 Å². The van der Waals surface area contributed by atoms with Crippen molar-refractivity contribution in [1.82, 2.24) is 4.98 Å². The van der Waals surface area contributed by atoms with Gasteiger partial charge in [0.2, 0.25) is 0 Å². The average Bonchev–Trinajstić information content (AvgIpc) is 2.46. The fourth-order valence-electron chi connectivity index (χ4n) is 2.25. The molecule has 2 rings (SSSR count). The molecule has 0 amide bonds. The first-order valence-corrected chi connectivity index (χ1v) is 7.00. The number of carbonyl (C=O) groups excluding carboxylic acids is 1. The van der Waals surface area contributed by atoms with E-state index in [1.807, 2.05) is 12.1 Å². The van der Waals surface area contributed by atoms with Crippen molar-refractivity contribution in [3.05, 3.63) is 45.7 Å². The fourth-order valence-corrected chi connectivity index (χ4v) is 2.25. The minimum atomic E-state index is -0.457. The molecule has 0 unspecified atom stereocenters. The lowest BCUT2D eigenvalue weighted by atomic mass is 10.0. The molecule has 1 heterocycles. The molecule has 0 fully saturated rings. The van der Waals surface area contributed by atoms with Gasteiger partial charge in [-0.2, -0.15) is 0 Å². The molecule has 1 N–H and O–H groups in total. The Morgan fingerprint density at radius 1 is 1.25 bits per heavy atom. The predicted octanol–water partition coefficient (Wildman–Crippen LogP) is 3.05. The first kappa shape index (κ1) is 14.3. The van der Waals surface area contributed by atoms with Gasteiger partial charge in [-0.1, -0.05) is 25.5 Å². The molecule has 0 aliphatic carbocycles. The molecule has 20 heavy (non-hydrogen) atoms. The largest absolute Gasteiger partial charge is 0.461 e. The molecule has 0 radical (unpaired) electrons. The Bertz CT molecular complexity index is 673. The van der Waals surface area contributed by atoms with Gasteiger partial charge in [-0.25, -0.2) is 4.79 Å². The molecular formula is C16H19NO3. The zero-order chi connectivity index (χ0) is 14.5. The van der Waals surface area contributed by atoms with Gasteiger partial charge in [0.25, 0.3) is 0 Å². The van der Waals surface area contributed by atoms with E-state index < -0.39 is 5.97 Å². The van der Waals surface area contributed by atoms with Gasteiger partial charge >= 0.3 is 5.97 Å². The van der Waals surface area contributed by atoms with E-state index in [1.165, 1.54) is 0 Å². The summed E-state index contributed by atoms with van der Waals surface area (Å²) >= 11 is 0. The van der Waals surface area contributed by atoms with Crippen LogP contribution >= 0.6 is 0 Å². The summed E-state index contributed by atoms with van der Waals surface area (Å²) in [5.74, 6) is -0.457. The number of fused-ring (bicyclic) bond motifs is 1. The number of esters is 1. The molecular weight excluding hydrogens is 254 g/mol. The minimum Gasteiger partial charge on any atom is -0.461 e. The van der Waals surface area contributed by atoms with Crippen molar-refractivity contribution >= 4 is 16.9 Å². The summed E-state index contributed by atoms with van der Waals surface area (Å²) < 4.78 is 5.04. The van der Waals surface area contributed by atoms with E-state index in [0.29, 0.717) is 35.2 Å². The highest BCUT2D eigenvalue weighted by atomic mass is 16.5. The number of pyridine rings is 1. The van der Waals surface area contributed by atoms with Crippen LogP contribution in [-0.2, 0) is 11.2 Å². The molecule has 2 aromatic rings. The lowest BCUT2D eigenvalue weighted by Crippen LogP contribution is -2.20. The van der Waals surface area contributed by atoms with Crippen molar-refractivity contribution in [2.75, 3.05) is 6.61 Å². The maximum Gasteiger partial charge on any atom is 0.355 e. The van der Waals surface area contributed by atoms with Gasteiger partial charge < -0.3 is 9.72 Å². The number of aromatic amines is 1. The SMILES string of the molecule is CCCCc1c(C(=O)OCC)[nH]c2ccccc2c1=O. The van der Waals surface area contributed by atoms with Crippen LogP contribution in [0.3, 0.4) is 0 Å². The van der Waals surface area contributed by atoms with Crippen molar-refractivity contribution in [3.63, 3.8) is 0 Å². The Labute approximate surface area is 117 Å². The van der Waals surface area contributed by atoms with Crippen LogP contribution in [-0.4, -0.2) is 17.6 Å². The number of rotatable bonds is 5. The van der Waals surface area contributed by atoms with Crippen LogP contribution in [0.15, 0.2) is 29.1 Å². The molecule has 106 valence electrons. The number of ether oxygens (including phenoxy) is 1. The summed E-state index contributed by atoms with van der Waals surface area (Å²) in [4.78, 5) is 27.6. The third-order valence-electron chi connectivity index (χ3n) is 3.27. The molecule has 0 saturated heterocycles. The average molecular weight is 273 g/mol. The topological polar surface area (TPSA) is 59.2 Å². The highest BCUT2D eigenvalue weighted by molar-refractivity contribution is 5.92. The van der Waals surface area contributed by atoms with Crippen LogP contribution in [0.2, 0.25) is 0 Å². The van der Waals surface area contributed by atoms with E-state index in [0.717, 1.165) is 12.8 Å². The van der Waals surface area contributed by atoms with E-state index in [2.05, 4.69) is 11.9 Å². The highest BCUT2D eigenvalue weighted by Crippen LogP contribution is 2.14. The molecule has 0 saturated carbocycles. The fraction of sp³-hybridized carbons (Fsp3) is 0.375. The molecule has 0 aliphatic rings. The van der Waals surface area contributed by atoms with Gasteiger partial charge in [0.05, 0.1) is 6.61 Å². The van der Waals surface area contributed by atoms with Crippen LogP contribution in [0.1, 0.15) is 42.7 Å². The van der Waals surface area contributed by atoms with Crippen LogP contribution in [0.5, 0.6) is 0 Å². The number of aromatic nitrogens is 1. The summed E-state index contributed by atoms with van der Waals surface area (Å²) in [6.45, 7) is 4.10. The summed E-state index contributed by atoms with van der Waals surface area (Å²) in [5, 5.41) is 0.617. The quantitative estimate of drug-likeness (QED) is 0.852. The smallest absolute Gasteiger partial charge is 0.355 e. The summed E-state index contributed by atoms with van der Waals surface area (Å²) in [6.07, 6.45) is 2.42. The second-order valence-electron chi connectivity index (χ2n) is 4.68. The number of unbranched alkanes of at least 4 members (excludes halogenated alkanes) is 1. The maximum atomic E-state index is 12.5. The van der Waals surface area contributed by atoms with Crippen molar-refractivity contribution in [1.29, 1.82) is 0 Å². The molecule has 4 nitrogen and oxygen atoms in total. The normalized spacial score (nSPS) is 10.7. The lowest BCUT2D eigenvalue weighted by molar-refractivity contribution is 0.0518. The van der Waals surface area contributed by atoms with Gasteiger partial charge in [0, 0.05) is 16.5 Å². The second-order valence-corrected chi connectivity index (χ2v) is 4.68. The van der Waals surface area contributed by atoms with Gasteiger partial charge in [-0.05, 0) is 31.9 Å². The molecule has 1 aromatic heterocycles. The molecule has 0 bridgehead atoms. The van der Waals surface area contributed by atoms with E-state index >= 15 is 0 Å². The first-order valence-electron chi connectivity index (χ1n) is 7.00. The van der Waals surface area contributed by atoms with Crippen molar-refractivity contribution in [2.24, 2.45) is 0 Å². The van der Waals surface area contributed by atoms with Crippen molar-refractivity contribution in [3.8, 4) is 0 Å². The molecule has 0 atom stereocenters. The Hall–Kier alpha value is -2.10. The second kappa shape index (κ2) is 6.37. The van der Waals surface area contributed by atoms with Crippen LogP contribution < -0.4 is 5.43 Å². The number of para-hydroxylation sites is 1. The Morgan fingerprint density at radius 2 is 2.00 bits per heavy atom. The Kier molecular flexibility index (Phi) is 4.56. The van der Waals surface area contributed by atoms with Crippen molar-refractivity contribution < 1.29 is 9.53 Å². The number of benzene rings is 1. The van der Waals surface area contributed by atoms with Crippen LogP contribution in [0.4, 0.5) is 0 Å². The van der Waals surface area contributed by atoms with Gasteiger partial charge in [-0.15, -0.1) is 0 Å². The highest BCUT2D eigenvalue weighted by Gasteiger charge is 2.18. The van der Waals surface area contributed by atoms with Gasteiger partial charge in [0.1, 0.15) is 5.69 Å². The first-order chi connectivity index (χ1) is 9.69. The number of carbonyl (C=O) groups is 1. The summed E-state index contributed by atoms with van der Waals surface area (Å²) in [7, 11) is 0. The number of nitrogens with one attached hydrogen (secondary N) is 1. The number of H-pyrrole nitrogens is 1. The van der Waals surface area contributed by atoms with Crippen LogP contribution in [0.25, 0.3) is 10.9 Å². The predicted molar refractivity (Wildman–Crippen MR) is 79.1 cm³/mol. The van der Waals surface area contributed by atoms with Crippen LogP contribution in [0, 0.1) is 0 Å². The minimum absolute atomic E-state index is 0.0733. The molecule has 0 spiro atoms. The molecule has 1 aromatic carbocycles. The standard InChI is InChI=1S/C16H19NO3/c1-3-5-8-12-14(16(19)20-4-2)17-13-10-7-6-9-11(13)15(12)18/h6-7,9-10H,3-5,8H2,1-2H3,(H,17,18).